The molecule has 2 fully saturated rings. The molecule has 0 aliphatic carbocycles. The summed E-state index contributed by atoms with van der Waals surface area (Å²) in [5.74, 6) is 0.778. The van der Waals surface area contributed by atoms with Crippen molar-refractivity contribution >= 4 is 28.9 Å². The van der Waals surface area contributed by atoms with E-state index >= 15 is 0 Å². The van der Waals surface area contributed by atoms with Crippen molar-refractivity contribution in [2.45, 2.75) is 58.0 Å². The van der Waals surface area contributed by atoms with Crippen LogP contribution in [0.25, 0.3) is 0 Å². The number of hydrogen-bond acceptors (Lipinski definition) is 5. The first-order chi connectivity index (χ1) is 13.5. The second-order valence-corrected chi connectivity index (χ2v) is 8.77. The third-order valence-corrected chi connectivity index (χ3v) is 6.73. The topological polar surface area (TPSA) is 75.7 Å². The van der Waals surface area contributed by atoms with Crippen LogP contribution in [0.4, 0.5) is 0 Å². The van der Waals surface area contributed by atoms with Crippen molar-refractivity contribution in [1.29, 1.82) is 0 Å². The molecule has 0 radical (unpaired) electrons. The van der Waals surface area contributed by atoms with E-state index in [1.807, 2.05) is 16.3 Å². The molecule has 2 aliphatic rings. The monoisotopic (exact) mass is 406 g/mol. The highest BCUT2D eigenvalue weighted by atomic mass is 32.1. The summed E-state index contributed by atoms with van der Waals surface area (Å²) in [4.78, 5) is 38.5. The fourth-order valence-corrected chi connectivity index (χ4v) is 4.68. The molecule has 0 bridgehead atoms. The highest BCUT2D eigenvalue weighted by Crippen LogP contribution is 2.23. The molecule has 1 N–H and O–H groups in total. The van der Waals surface area contributed by atoms with E-state index in [2.05, 4.69) is 5.32 Å². The number of nitrogens with zero attached hydrogens (tertiary/aromatic N) is 1. The number of ether oxygens (including phenoxy) is 1. The fourth-order valence-electron chi connectivity index (χ4n) is 3.87. The number of nitrogens with one attached hydrogen (secondary N) is 1. The molecule has 0 aromatic carbocycles. The summed E-state index contributed by atoms with van der Waals surface area (Å²) in [7, 11) is 0. The van der Waals surface area contributed by atoms with Gasteiger partial charge in [0.1, 0.15) is 0 Å². The number of ketones is 1. The fraction of sp³-hybridized carbons (Fsp3) is 0.667. The Morgan fingerprint density at radius 1 is 1.25 bits per heavy atom. The number of rotatable bonds is 8. The summed E-state index contributed by atoms with van der Waals surface area (Å²) >= 11 is 1.40. The van der Waals surface area contributed by atoms with Crippen molar-refractivity contribution < 1.29 is 19.1 Å². The molecule has 6 nitrogen and oxygen atoms in total. The van der Waals surface area contributed by atoms with Crippen LogP contribution in [0.5, 0.6) is 0 Å². The largest absolute Gasteiger partial charge is 0.376 e. The Balaban J connectivity index is 1.32. The maximum atomic E-state index is 12.5. The first kappa shape index (κ1) is 21.0. The molecule has 7 heteroatoms. The third-order valence-electron chi connectivity index (χ3n) is 5.65. The summed E-state index contributed by atoms with van der Waals surface area (Å²) in [6.07, 6.45) is 6.00. The van der Waals surface area contributed by atoms with Gasteiger partial charge < -0.3 is 15.0 Å². The molecule has 2 saturated heterocycles. The number of piperidine rings is 1. The highest BCUT2D eigenvalue weighted by Gasteiger charge is 2.24. The zero-order chi connectivity index (χ0) is 19.9. The Kier molecular flexibility index (Phi) is 7.62. The molecule has 3 heterocycles. The minimum absolute atomic E-state index is 0.0457. The molecule has 3 rings (SSSR count). The van der Waals surface area contributed by atoms with Gasteiger partial charge in [0.15, 0.2) is 5.78 Å². The molecule has 1 aromatic rings. The van der Waals surface area contributed by atoms with Gasteiger partial charge in [0.2, 0.25) is 11.8 Å². The average molecular weight is 407 g/mol. The highest BCUT2D eigenvalue weighted by molar-refractivity contribution is 7.12. The van der Waals surface area contributed by atoms with Crippen molar-refractivity contribution in [3.63, 3.8) is 0 Å². The molecule has 28 heavy (non-hydrogen) atoms. The van der Waals surface area contributed by atoms with E-state index < -0.39 is 0 Å². The number of carbonyl (C=O) groups is 3. The Morgan fingerprint density at radius 2 is 2.04 bits per heavy atom. The van der Waals surface area contributed by atoms with Gasteiger partial charge >= 0.3 is 0 Å². The van der Waals surface area contributed by atoms with E-state index in [-0.39, 0.29) is 23.7 Å². The minimum atomic E-state index is 0.0457. The summed E-state index contributed by atoms with van der Waals surface area (Å²) in [6.45, 7) is 4.49. The molecule has 2 aliphatic heterocycles. The predicted octanol–water partition coefficient (Wildman–Crippen LogP) is 2.81. The summed E-state index contributed by atoms with van der Waals surface area (Å²) in [6, 6.07) is 1.83. The smallest absolute Gasteiger partial charge is 0.227 e. The Labute approximate surface area is 170 Å². The van der Waals surface area contributed by atoms with Crippen molar-refractivity contribution in [3.8, 4) is 0 Å². The standard InChI is InChI=1S/C21H30N2O4S/c1-15(24)19-11-17(14-28-19)12-21(26)23-8-6-16(7-9-23)4-5-20(25)22-13-18-3-2-10-27-18/h11,14,16,18H,2-10,12-13H2,1H3,(H,22,25). The van der Waals surface area contributed by atoms with Crippen LogP contribution in [-0.2, 0) is 20.7 Å². The number of thiophene rings is 1. The van der Waals surface area contributed by atoms with Gasteiger partial charge in [-0.3, -0.25) is 14.4 Å². The number of Topliss-reactive ketones (excluding diaryl/α,β-unsaturated/α-hetero) is 1. The number of amides is 2. The van der Waals surface area contributed by atoms with Gasteiger partial charge in [-0.25, -0.2) is 0 Å². The van der Waals surface area contributed by atoms with E-state index in [0.29, 0.717) is 30.2 Å². The Bertz CT molecular complexity index is 688. The average Bonchev–Trinajstić information content (AvgIpc) is 3.37. The normalized spacial score (nSPS) is 20.3. The molecule has 0 spiro atoms. The van der Waals surface area contributed by atoms with E-state index in [1.165, 1.54) is 11.3 Å². The number of likely N-dealkylation sites (tertiary alicyclic amines) is 1. The third kappa shape index (κ3) is 6.14. The zero-order valence-electron chi connectivity index (χ0n) is 16.6. The molecule has 1 unspecified atom stereocenters. The Hall–Kier alpha value is -1.73. The minimum Gasteiger partial charge on any atom is -0.376 e. The lowest BCUT2D eigenvalue weighted by Crippen LogP contribution is -2.39. The molecule has 1 atom stereocenters. The van der Waals surface area contributed by atoms with E-state index in [1.54, 1.807) is 6.92 Å². The first-order valence-electron chi connectivity index (χ1n) is 10.3. The van der Waals surface area contributed by atoms with Gasteiger partial charge in [0.05, 0.1) is 17.4 Å². The molecular formula is C21H30N2O4S. The van der Waals surface area contributed by atoms with Gasteiger partial charge in [0, 0.05) is 32.7 Å². The van der Waals surface area contributed by atoms with Crippen LogP contribution in [0.15, 0.2) is 11.4 Å². The lowest BCUT2D eigenvalue weighted by molar-refractivity contribution is -0.132. The molecular weight excluding hydrogens is 376 g/mol. The van der Waals surface area contributed by atoms with Crippen LogP contribution in [0.1, 0.15) is 60.7 Å². The summed E-state index contributed by atoms with van der Waals surface area (Å²) in [5.41, 5.74) is 0.922. The van der Waals surface area contributed by atoms with Crippen LogP contribution < -0.4 is 5.32 Å². The van der Waals surface area contributed by atoms with Crippen molar-refractivity contribution in [3.05, 3.63) is 21.9 Å². The second-order valence-electron chi connectivity index (χ2n) is 7.85. The van der Waals surface area contributed by atoms with E-state index in [0.717, 1.165) is 57.4 Å². The predicted molar refractivity (Wildman–Crippen MR) is 109 cm³/mol. The maximum Gasteiger partial charge on any atom is 0.227 e. The van der Waals surface area contributed by atoms with Gasteiger partial charge in [0.25, 0.3) is 0 Å². The van der Waals surface area contributed by atoms with Gasteiger partial charge in [-0.2, -0.15) is 0 Å². The lowest BCUT2D eigenvalue weighted by Gasteiger charge is -2.32. The quantitative estimate of drug-likeness (QED) is 0.674. The van der Waals surface area contributed by atoms with Crippen LogP contribution in [-0.4, -0.2) is 54.8 Å². The molecule has 0 saturated carbocycles. The summed E-state index contributed by atoms with van der Waals surface area (Å²) < 4.78 is 5.52. The zero-order valence-corrected chi connectivity index (χ0v) is 17.4. The molecule has 2 amide bonds. The van der Waals surface area contributed by atoms with Crippen molar-refractivity contribution in [2.24, 2.45) is 5.92 Å². The van der Waals surface area contributed by atoms with Crippen LogP contribution in [0.3, 0.4) is 0 Å². The second kappa shape index (κ2) is 10.2. The molecule has 154 valence electrons. The Morgan fingerprint density at radius 3 is 2.68 bits per heavy atom. The van der Waals surface area contributed by atoms with Crippen molar-refractivity contribution in [1.82, 2.24) is 10.2 Å². The van der Waals surface area contributed by atoms with E-state index in [4.69, 9.17) is 4.74 Å². The van der Waals surface area contributed by atoms with Crippen LogP contribution in [0, 0.1) is 5.92 Å². The summed E-state index contributed by atoms with van der Waals surface area (Å²) in [5, 5.41) is 4.88. The molecule has 1 aromatic heterocycles. The maximum absolute atomic E-state index is 12.5. The van der Waals surface area contributed by atoms with Crippen LogP contribution >= 0.6 is 11.3 Å². The van der Waals surface area contributed by atoms with Gasteiger partial charge in [-0.15, -0.1) is 11.3 Å². The van der Waals surface area contributed by atoms with E-state index in [9.17, 15) is 14.4 Å². The number of carbonyl (C=O) groups excluding carboxylic acids is 3. The SMILES string of the molecule is CC(=O)c1cc(CC(=O)N2CCC(CCC(=O)NCC3CCCO3)CC2)cs1. The van der Waals surface area contributed by atoms with Gasteiger partial charge in [-0.1, -0.05) is 0 Å². The lowest BCUT2D eigenvalue weighted by atomic mass is 9.92. The van der Waals surface area contributed by atoms with Crippen LogP contribution in [0.2, 0.25) is 0 Å². The first-order valence-corrected chi connectivity index (χ1v) is 11.1. The van der Waals surface area contributed by atoms with Gasteiger partial charge in [-0.05, 0) is 62.0 Å². The van der Waals surface area contributed by atoms with Crippen molar-refractivity contribution in [2.75, 3.05) is 26.2 Å². The number of hydrogen-bond donors (Lipinski definition) is 1.